The Bertz CT molecular complexity index is 1020. The highest BCUT2D eigenvalue weighted by atomic mass is 32.1. The summed E-state index contributed by atoms with van der Waals surface area (Å²) in [6.45, 7) is 0. The smallest absolute Gasteiger partial charge is 0.267 e. The van der Waals surface area contributed by atoms with E-state index in [-0.39, 0.29) is 27.6 Å². The molecule has 0 spiro atoms. The number of hydrogen-bond donors (Lipinski definition) is 3. The molecule has 2 aromatic heterocycles. The average molecular weight is 345 g/mol. The van der Waals surface area contributed by atoms with Crippen LogP contribution in [0.15, 0.2) is 24.3 Å². The van der Waals surface area contributed by atoms with E-state index in [1.54, 1.807) is 0 Å². The number of anilines is 3. The molecule has 0 atom stereocenters. The zero-order valence-electron chi connectivity index (χ0n) is 11.9. The molecule has 3 aromatic rings. The van der Waals surface area contributed by atoms with Crippen molar-refractivity contribution in [3.8, 4) is 6.07 Å². The molecule has 24 heavy (non-hydrogen) atoms. The molecule has 0 aliphatic carbocycles. The van der Waals surface area contributed by atoms with E-state index in [9.17, 15) is 13.6 Å². The van der Waals surface area contributed by atoms with Crippen molar-refractivity contribution >= 4 is 44.7 Å². The number of nitrogens with one attached hydrogen (secondary N) is 1. The van der Waals surface area contributed by atoms with Gasteiger partial charge in [0.05, 0.1) is 11.3 Å². The van der Waals surface area contributed by atoms with Gasteiger partial charge in [0.25, 0.3) is 5.91 Å². The van der Waals surface area contributed by atoms with Crippen LogP contribution in [-0.4, -0.2) is 10.9 Å². The number of nitriles is 1. The number of hydrogen-bond acceptors (Lipinski definition) is 6. The van der Waals surface area contributed by atoms with E-state index >= 15 is 0 Å². The lowest BCUT2D eigenvalue weighted by Crippen LogP contribution is -2.12. The molecule has 1 aromatic carbocycles. The topological polar surface area (TPSA) is 118 Å². The Morgan fingerprint density at radius 2 is 2.00 bits per heavy atom. The minimum Gasteiger partial charge on any atom is -0.397 e. The van der Waals surface area contributed by atoms with Gasteiger partial charge in [0.2, 0.25) is 0 Å². The minimum absolute atomic E-state index is 0.0406. The number of aromatic nitrogens is 1. The number of amides is 1. The molecule has 0 fully saturated rings. The highest BCUT2D eigenvalue weighted by molar-refractivity contribution is 7.21. The number of benzene rings is 1. The summed E-state index contributed by atoms with van der Waals surface area (Å²) >= 11 is 0.987. The van der Waals surface area contributed by atoms with Gasteiger partial charge in [-0.3, -0.25) is 4.79 Å². The van der Waals surface area contributed by atoms with E-state index in [0.29, 0.717) is 10.2 Å². The van der Waals surface area contributed by atoms with Crippen LogP contribution in [0.4, 0.5) is 26.0 Å². The van der Waals surface area contributed by atoms with Crippen LogP contribution in [0.1, 0.15) is 15.2 Å². The molecule has 3 rings (SSSR count). The first kappa shape index (κ1) is 15.6. The van der Waals surface area contributed by atoms with Gasteiger partial charge in [0.15, 0.2) is 11.6 Å². The molecular formula is C15H9F2N5OS. The maximum Gasteiger partial charge on any atom is 0.267 e. The van der Waals surface area contributed by atoms with Crippen molar-refractivity contribution in [3.63, 3.8) is 0 Å². The molecular weight excluding hydrogens is 336 g/mol. The Balaban J connectivity index is 1.99. The molecule has 0 saturated heterocycles. The van der Waals surface area contributed by atoms with E-state index in [4.69, 9.17) is 16.7 Å². The third kappa shape index (κ3) is 2.59. The summed E-state index contributed by atoms with van der Waals surface area (Å²) in [6.07, 6.45) is 0. The van der Waals surface area contributed by atoms with Crippen molar-refractivity contribution in [3.05, 3.63) is 46.3 Å². The van der Waals surface area contributed by atoms with Gasteiger partial charge in [-0.2, -0.15) is 5.26 Å². The van der Waals surface area contributed by atoms with Crippen LogP contribution in [0, 0.1) is 23.0 Å². The largest absolute Gasteiger partial charge is 0.397 e. The number of pyridine rings is 1. The van der Waals surface area contributed by atoms with E-state index in [2.05, 4.69) is 10.3 Å². The first-order chi connectivity index (χ1) is 11.4. The van der Waals surface area contributed by atoms with Crippen molar-refractivity contribution in [2.75, 3.05) is 16.8 Å². The van der Waals surface area contributed by atoms with Crippen LogP contribution < -0.4 is 16.8 Å². The number of rotatable bonds is 2. The summed E-state index contributed by atoms with van der Waals surface area (Å²) in [5.74, 6) is -2.65. The average Bonchev–Trinajstić information content (AvgIpc) is 2.86. The molecule has 9 heteroatoms. The predicted octanol–water partition coefficient (Wildman–Crippen LogP) is 2.86. The molecule has 0 radical (unpaired) electrons. The van der Waals surface area contributed by atoms with Crippen molar-refractivity contribution in [2.24, 2.45) is 0 Å². The fourth-order valence-electron chi connectivity index (χ4n) is 2.07. The summed E-state index contributed by atoms with van der Waals surface area (Å²) in [6, 6.07) is 6.34. The molecule has 0 aliphatic heterocycles. The van der Waals surface area contributed by atoms with E-state index in [1.165, 1.54) is 12.1 Å². The fourth-order valence-corrected chi connectivity index (χ4v) is 3.05. The number of nitrogens with zero attached hydrogens (tertiary/aromatic N) is 2. The van der Waals surface area contributed by atoms with Crippen LogP contribution in [0.25, 0.3) is 10.2 Å². The predicted molar refractivity (Wildman–Crippen MR) is 87.5 cm³/mol. The normalized spacial score (nSPS) is 10.5. The number of nitrogens with two attached hydrogens (primary N) is 2. The van der Waals surface area contributed by atoms with Crippen LogP contribution in [0.2, 0.25) is 0 Å². The molecule has 1 amide bonds. The van der Waals surface area contributed by atoms with Gasteiger partial charge in [-0.1, -0.05) is 0 Å². The number of fused-ring (bicyclic) bond motifs is 1. The van der Waals surface area contributed by atoms with Gasteiger partial charge >= 0.3 is 0 Å². The van der Waals surface area contributed by atoms with Crippen LogP contribution in [0.5, 0.6) is 0 Å². The van der Waals surface area contributed by atoms with E-state index in [1.807, 2.05) is 6.07 Å². The summed E-state index contributed by atoms with van der Waals surface area (Å²) in [4.78, 5) is 16.9. The van der Waals surface area contributed by atoms with Crippen molar-refractivity contribution in [2.45, 2.75) is 0 Å². The van der Waals surface area contributed by atoms with Crippen molar-refractivity contribution in [1.29, 1.82) is 5.26 Å². The zero-order valence-corrected chi connectivity index (χ0v) is 12.7. The Morgan fingerprint density at radius 1 is 1.25 bits per heavy atom. The molecule has 0 saturated carbocycles. The maximum absolute atomic E-state index is 13.2. The standard InChI is InChI=1S/C15H9F2N5OS/c16-9-2-1-7(4-10(9)17)21-14(23)12-11(19)8-3-6(5-18)13(20)22-15(8)24-12/h1-4H,19H2,(H2,20,22)(H,21,23). The Labute approximate surface area is 138 Å². The van der Waals surface area contributed by atoms with Gasteiger partial charge in [-0.05, 0) is 18.2 Å². The highest BCUT2D eigenvalue weighted by Crippen LogP contribution is 2.34. The molecule has 0 aliphatic rings. The van der Waals surface area contributed by atoms with E-state index in [0.717, 1.165) is 23.5 Å². The van der Waals surface area contributed by atoms with E-state index < -0.39 is 17.5 Å². The number of carbonyl (C=O) groups is 1. The lowest BCUT2D eigenvalue weighted by Gasteiger charge is -2.04. The van der Waals surface area contributed by atoms with Crippen LogP contribution in [0.3, 0.4) is 0 Å². The van der Waals surface area contributed by atoms with Crippen LogP contribution >= 0.6 is 11.3 Å². The minimum atomic E-state index is -1.08. The first-order valence-corrected chi connectivity index (χ1v) is 7.37. The van der Waals surface area contributed by atoms with Gasteiger partial charge < -0.3 is 16.8 Å². The quantitative estimate of drug-likeness (QED) is 0.660. The molecule has 6 nitrogen and oxygen atoms in total. The molecule has 120 valence electrons. The molecule has 2 heterocycles. The SMILES string of the molecule is N#Cc1cc2c(N)c(C(=O)Nc3ccc(F)c(F)c3)sc2nc1N. The Morgan fingerprint density at radius 3 is 2.67 bits per heavy atom. The summed E-state index contributed by atoms with van der Waals surface area (Å²) in [5, 5.41) is 11.8. The van der Waals surface area contributed by atoms with Gasteiger partial charge in [-0.15, -0.1) is 11.3 Å². The second-order valence-electron chi connectivity index (χ2n) is 4.81. The lowest BCUT2D eigenvalue weighted by atomic mass is 10.2. The number of thiophene rings is 1. The lowest BCUT2D eigenvalue weighted by molar-refractivity contribution is 0.103. The summed E-state index contributed by atoms with van der Waals surface area (Å²) in [7, 11) is 0. The number of halogens is 2. The third-order valence-electron chi connectivity index (χ3n) is 3.25. The molecule has 0 bridgehead atoms. The van der Waals surface area contributed by atoms with Gasteiger partial charge in [-0.25, -0.2) is 13.8 Å². The highest BCUT2D eigenvalue weighted by Gasteiger charge is 2.19. The van der Waals surface area contributed by atoms with Crippen LogP contribution in [-0.2, 0) is 0 Å². The van der Waals surface area contributed by atoms with Crippen molar-refractivity contribution in [1.82, 2.24) is 4.98 Å². The first-order valence-electron chi connectivity index (χ1n) is 6.55. The summed E-state index contributed by atoms with van der Waals surface area (Å²) < 4.78 is 26.1. The van der Waals surface area contributed by atoms with Crippen molar-refractivity contribution < 1.29 is 13.6 Å². The molecule has 0 unspecified atom stereocenters. The second-order valence-corrected chi connectivity index (χ2v) is 5.81. The maximum atomic E-state index is 13.2. The Kier molecular flexibility index (Phi) is 3.75. The Hall–Kier alpha value is -3.25. The van der Waals surface area contributed by atoms with Gasteiger partial charge in [0.1, 0.15) is 21.6 Å². The monoisotopic (exact) mass is 345 g/mol. The summed E-state index contributed by atoms with van der Waals surface area (Å²) in [5.41, 5.74) is 12.0. The fraction of sp³-hybridized carbons (Fsp3) is 0. The second kappa shape index (κ2) is 5.75. The number of nitrogen functional groups attached to an aromatic ring is 2. The molecule has 5 N–H and O–H groups in total. The number of carbonyl (C=O) groups excluding carboxylic acids is 1. The zero-order chi connectivity index (χ0) is 17.4. The van der Waals surface area contributed by atoms with Gasteiger partial charge in [0, 0.05) is 17.1 Å². The third-order valence-corrected chi connectivity index (χ3v) is 4.37.